The first kappa shape index (κ1) is 24.6. The van der Waals surface area contributed by atoms with Crippen molar-refractivity contribution < 1.29 is 14.3 Å². The number of esters is 1. The topological polar surface area (TPSA) is 115 Å². The summed E-state index contributed by atoms with van der Waals surface area (Å²) in [6.45, 7) is 8.81. The average molecular weight is 495 g/mol. The van der Waals surface area contributed by atoms with Gasteiger partial charge >= 0.3 is 5.97 Å². The molecule has 10 heteroatoms. The first-order valence-corrected chi connectivity index (χ1v) is 12.9. The van der Waals surface area contributed by atoms with Crippen LogP contribution in [0.15, 0.2) is 23.0 Å². The second-order valence-corrected chi connectivity index (χ2v) is 9.92. The first-order chi connectivity index (χ1) is 17.4. The molecule has 2 aliphatic heterocycles. The van der Waals surface area contributed by atoms with E-state index in [1.165, 1.54) is 0 Å². The lowest BCUT2D eigenvalue weighted by atomic mass is 9.93. The second-order valence-electron chi connectivity index (χ2n) is 9.92. The van der Waals surface area contributed by atoms with Gasteiger partial charge in [0.15, 0.2) is 5.82 Å². The summed E-state index contributed by atoms with van der Waals surface area (Å²) in [6.07, 6.45) is 3.36. The molecule has 0 spiro atoms. The number of aromatic amines is 1. The Balaban J connectivity index is 1.54. The van der Waals surface area contributed by atoms with Gasteiger partial charge in [-0.2, -0.15) is 0 Å². The van der Waals surface area contributed by atoms with Gasteiger partial charge in [0.2, 0.25) is 0 Å². The maximum Gasteiger partial charge on any atom is 0.309 e. The van der Waals surface area contributed by atoms with Gasteiger partial charge in [0.05, 0.1) is 30.7 Å². The van der Waals surface area contributed by atoms with Gasteiger partial charge in [-0.15, -0.1) is 5.10 Å². The van der Waals surface area contributed by atoms with Crippen molar-refractivity contribution >= 4 is 16.9 Å². The molecule has 2 atom stereocenters. The molecule has 10 nitrogen and oxygen atoms in total. The summed E-state index contributed by atoms with van der Waals surface area (Å²) in [5, 5.41) is 13.6. The third-order valence-electron chi connectivity index (χ3n) is 7.34. The van der Waals surface area contributed by atoms with E-state index in [0.717, 1.165) is 41.5 Å². The van der Waals surface area contributed by atoms with Crippen LogP contribution in [0.3, 0.4) is 0 Å². The minimum atomic E-state index is -0.446. The summed E-state index contributed by atoms with van der Waals surface area (Å²) in [5.41, 5.74) is 3.45. The van der Waals surface area contributed by atoms with Crippen LogP contribution in [0.4, 0.5) is 0 Å². The summed E-state index contributed by atoms with van der Waals surface area (Å²) >= 11 is 0. The standard InChI is InChI=1S/C26H34N6O4/c1-4-35-26(34)18-7-9-31(10-8-18)23(24-28-29-30-32(24)15-20-6-5-11-36-20)21-14-19-13-16(2)12-17(3)22(19)27-25(21)33/h12-14,18,20,23H,4-11,15H2,1-3H3,(H,27,33). The van der Waals surface area contributed by atoms with E-state index < -0.39 is 6.04 Å². The second kappa shape index (κ2) is 10.5. The molecule has 1 aromatic carbocycles. The summed E-state index contributed by atoms with van der Waals surface area (Å²) < 4.78 is 12.9. The van der Waals surface area contributed by atoms with E-state index in [2.05, 4.69) is 44.5 Å². The number of aromatic nitrogens is 5. The van der Waals surface area contributed by atoms with Crippen LogP contribution in [-0.2, 0) is 20.8 Å². The molecule has 5 rings (SSSR count). The molecule has 4 heterocycles. The molecular weight excluding hydrogens is 460 g/mol. The molecule has 2 fully saturated rings. The molecule has 0 amide bonds. The molecule has 3 aromatic rings. The number of rotatable bonds is 7. The van der Waals surface area contributed by atoms with Crippen LogP contribution in [-0.4, -0.2) is 68.5 Å². The van der Waals surface area contributed by atoms with Crippen LogP contribution in [0.1, 0.15) is 61.2 Å². The van der Waals surface area contributed by atoms with Crippen LogP contribution >= 0.6 is 0 Å². The number of hydrogen-bond donors (Lipinski definition) is 1. The third-order valence-corrected chi connectivity index (χ3v) is 7.34. The van der Waals surface area contributed by atoms with Crippen LogP contribution in [0.5, 0.6) is 0 Å². The highest BCUT2D eigenvalue weighted by molar-refractivity contribution is 5.83. The van der Waals surface area contributed by atoms with Crippen LogP contribution in [0, 0.1) is 19.8 Å². The summed E-state index contributed by atoms with van der Waals surface area (Å²) in [6, 6.07) is 5.68. The molecule has 0 bridgehead atoms. The molecule has 0 radical (unpaired) electrons. The van der Waals surface area contributed by atoms with Crippen molar-refractivity contribution in [2.24, 2.45) is 5.92 Å². The zero-order chi connectivity index (χ0) is 25.2. The Bertz CT molecular complexity index is 1290. The Morgan fingerprint density at radius 1 is 1.22 bits per heavy atom. The molecule has 2 unspecified atom stereocenters. The minimum Gasteiger partial charge on any atom is -0.466 e. The number of ether oxygens (including phenoxy) is 2. The van der Waals surface area contributed by atoms with Crippen LogP contribution < -0.4 is 5.56 Å². The number of hydrogen-bond acceptors (Lipinski definition) is 8. The van der Waals surface area contributed by atoms with E-state index in [-0.39, 0.29) is 23.6 Å². The number of pyridine rings is 1. The van der Waals surface area contributed by atoms with E-state index in [0.29, 0.717) is 50.5 Å². The quantitative estimate of drug-likeness (QED) is 0.499. The number of carbonyl (C=O) groups excluding carboxylic acids is 1. The fraction of sp³-hybridized carbons (Fsp3) is 0.577. The minimum absolute atomic E-state index is 0.0580. The van der Waals surface area contributed by atoms with Gasteiger partial charge in [-0.3, -0.25) is 14.5 Å². The SMILES string of the molecule is CCOC(=O)C1CCN(C(c2cc3cc(C)cc(C)c3[nH]c2=O)c2nnnn2CC2CCCO2)CC1. The maximum atomic E-state index is 13.5. The normalized spacial score (nSPS) is 20.1. The first-order valence-electron chi connectivity index (χ1n) is 12.9. The summed E-state index contributed by atoms with van der Waals surface area (Å²) in [4.78, 5) is 31.2. The number of aryl methyl sites for hydroxylation is 2. The Labute approximate surface area is 210 Å². The van der Waals surface area contributed by atoms with E-state index in [4.69, 9.17) is 9.47 Å². The van der Waals surface area contributed by atoms with Gasteiger partial charge in [0.25, 0.3) is 5.56 Å². The van der Waals surface area contributed by atoms with Gasteiger partial charge in [-0.25, -0.2) is 4.68 Å². The zero-order valence-electron chi connectivity index (χ0n) is 21.2. The van der Waals surface area contributed by atoms with E-state index in [1.54, 1.807) is 4.68 Å². The van der Waals surface area contributed by atoms with E-state index in [9.17, 15) is 9.59 Å². The number of tetrazole rings is 1. The van der Waals surface area contributed by atoms with Gasteiger partial charge in [-0.1, -0.05) is 11.6 Å². The largest absolute Gasteiger partial charge is 0.466 e. The van der Waals surface area contributed by atoms with Crippen molar-refractivity contribution in [2.75, 3.05) is 26.3 Å². The van der Waals surface area contributed by atoms with Gasteiger partial charge in [-0.05, 0) is 80.0 Å². The Hall–Kier alpha value is -3.11. The highest BCUT2D eigenvalue weighted by Gasteiger charge is 2.35. The van der Waals surface area contributed by atoms with E-state index in [1.807, 2.05) is 19.9 Å². The molecule has 2 aromatic heterocycles. The molecule has 0 saturated carbocycles. The van der Waals surface area contributed by atoms with Crippen molar-refractivity contribution in [3.8, 4) is 0 Å². The van der Waals surface area contributed by atoms with Gasteiger partial charge in [0.1, 0.15) is 6.04 Å². The fourth-order valence-corrected chi connectivity index (χ4v) is 5.58. The van der Waals surface area contributed by atoms with Crippen molar-refractivity contribution in [1.82, 2.24) is 30.1 Å². The number of nitrogens with zero attached hydrogens (tertiary/aromatic N) is 5. The van der Waals surface area contributed by atoms with Crippen LogP contribution in [0.25, 0.3) is 10.9 Å². The maximum absolute atomic E-state index is 13.5. The monoisotopic (exact) mass is 494 g/mol. The zero-order valence-corrected chi connectivity index (χ0v) is 21.2. The summed E-state index contributed by atoms with van der Waals surface area (Å²) in [7, 11) is 0. The van der Waals surface area contributed by atoms with Gasteiger partial charge < -0.3 is 14.5 Å². The highest BCUT2D eigenvalue weighted by Crippen LogP contribution is 2.32. The molecule has 0 aliphatic carbocycles. The number of benzene rings is 1. The number of nitrogens with one attached hydrogen (secondary N) is 1. The lowest BCUT2D eigenvalue weighted by Crippen LogP contribution is -2.42. The highest BCUT2D eigenvalue weighted by atomic mass is 16.5. The molecule has 1 N–H and O–H groups in total. The fourth-order valence-electron chi connectivity index (χ4n) is 5.58. The molecule has 2 saturated heterocycles. The summed E-state index contributed by atoms with van der Waals surface area (Å²) in [5.74, 6) is 0.339. The smallest absolute Gasteiger partial charge is 0.309 e. The Morgan fingerprint density at radius 3 is 2.75 bits per heavy atom. The van der Waals surface area contributed by atoms with Crippen molar-refractivity contribution in [3.05, 3.63) is 51.1 Å². The van der Waals surface area contributed by atoms with Crippen molar-refractivity contribution in [1.29, 1.82) is 0 Å². The number of H-pyrrole nitrogens is 1. The number of carbonyl (C=O) groups is 1. The average Bonchev–Trinajstić information content (AvgIpc) is 3.54. The lowest BCUT2D eigenvalue weighted by Gasteiger charge is -2.36. The van der Waals surface area contributed by atoms with Gasteiger partial charge in [0, 0.05) is 25.3 Å². The molecule has 2 aliphatic rings. The molecule has 192 valence electrons. The predicted molar refractivity (Wildman–Crippen MR) is 134 cm³/mol. The lowest BCUT2D eigenvalue weighted by molar-refractivity contribution is -0.149. The number of piperidine rings is 1. The van der Waals surface area contributed by atoms with Crippen LogP contribution in [0.2, 0.25) is 0 Å². The third kappa shape index (κ3) is 4.92. The predicted octanol–water partition coefficient (Wildman–Crippen LogP) is 2.67. The number of likely N-dealkylation sites (tertiary alicyclic amines) is 1. The van der Waals surface area contributed by atoms with Crippen molar-refractivity contribution in [3.63, 3.8) is 0 Å². The molecular formula is C26H34N6O4. The van der Waals surface area contributed by atoms with Crippen molar-refractivity contribution in [2.45, 2.75) is 65.1 Å². The van der Waals surface area contributed by atoms with E-state index >= 15 is 0 Å². The Kier molecular flexibility index (Phi) is 7.15. The Morgan fingerprint density at radius 2 is 2.03 bits per heavy atom. The number of fused-ring (bicyclic) bond motifs is 1. The molecule has 36 heavy (non-hydrogen) atoms.